The van der Waals surface area contributed by atoms with Gasteiger partial charge in [0, 0.05) is 0 Å². The van der Waals surface area contributed by atoms with Crippen LogP contribution >= 0.6 is 0 Å². The molecule has 0 aromatic heterocycles. The highest BCUT2D eigenvalue weighted by molar-refractivity contribution is 6.22. The van der Waals surface area contributed by atoms with Gasteiger partial charge in [0.1, 0.15) is 22.2 Å². The fourth-order valence-corrected chi connectivity index (χ4v) is 6.32. The minimum atomic E-state index is -2.73. The third-order valence-electron chi connectivity index (χ3n) is 11.2. The van der Waals surface area contributed by atoms with Crippen molar-refractivity contribution in [1.29, 1.82) is 0 Å². The van der Waals surface area contributed by atoms with E-state index in [1.807, 2.05) is 0 Å². The standard InChI is InChI=1S/C39H72N4O20/c1-3-63-33(61)39(30(58)42-36(22-50,23-51)24-52,31(59)43-37(25-53,26-54)27-55)15-13-11-9-7-5-4-6-8-10-12-14-38(32(60)62-2,28(56)40-34(16-44,17-45)18-46)29(57)41-35(19-47,20-48)21-49/h44-55H,3-27H2,1-2H3,(H,40,56)(H,41,57)(H,42,58)(H,43,59). The average molecular weight is 917 g/mol. The molecule has 0 aliphatic heterocycles. The molecule has 0 saturated heterocycles. The molecule has 368 valence electrons. The summed E-state index contributed by atoms with van der Waals surface area (Å²) >= 11 is 0. The van der Waals surface area contributed by atoms with Crippen LogP contribution in [0.3, 0.4) is 0 Å². The second-order valence-electron chi connectivity index (χ2n) is 15.9. The number of unbranched alkanes of at least 4 members (excludes halogenated alkanes) is 9. The van der Waals surface area contributed by atoms with Gasteiger partial charge in [-0.25, -0.2) is 0 Å². The molecule has 0 rings (SSSR count). The number of amides is 4. The number of rotatable bonds is 36. The number of carbonyl (C=O) groups is 6. The summed E-state index contributed by atoms with van der Waals surface area (Å²) in [5.41, 5.74) is -13.7. The topological polar surface area (TPSA) is 412 Å². The van der Waals surface area contributed by atoms with Crippen LogP contribution in [0.4, 0.5) is 0 Å². The Morgan fingerprint density at radius 2 is 0.571 bits per heavy atom. The molecule has 0 aliphatic carbocycles. The number of methoxy groups -OCH3 is 1. The number of nitrogens with one attached hydrogen (secondary N) is 4. The molecule has 0 heterocycles. The van der Waals surface area contributed by atoms with E-state index < -0.39 is 161 Å². The highest BCUT2D eigenvalue weighted by Gasteiger charge is 2.58. The molecule has 0 bridgehead atoms. The Hall–Kier alpha value is -3.66. The first-order chi connectivity index (χ1) is 29.9. The summed E-state index contributed by atoms with van der Waals surface area (Å²) in [5, 5.41) is 126. The van der Waals surface area contributed by atoms with Crippen LogP contribution in [0.5, 0.6) is 0 Å². The van der Waals surface area contributed by atoms with Crippen molar-refractivity contribution in [2.45, 2.75) is 106 Å². The summed E-state index contributed by atoms with van der Waals surface area (Å²) < 4.78 is 9.92. The summed E-state index contributed by atoms with van der Waals surface area (Å²) in [6.07, 6.45) is 3.61. The second-order valence-corrected chi connectivity index (χ2v) is 15.9. The Labute approximate surface area is 366 Å². The molecule has 0 aliphatic rings. The maximum Gasteiger partial charge on any atom is 0.331 e. The van der Waals surface area contributed by atoms with E-state index in [1.54, 1.807) is 0 Å². The normalized spacial score (nSPS) is 12.7. The van der Waals surface area contributed by atoms with Gasteiger partial charge in [0.05, 0.1) is 93.0 Å². The SMILES string of the molecule is CCOC(=O)C(CCCCCCCCCCCCC(C(=O)NC(CO)(CO)CO)(C(=O)NC(CO)(CO)CO)C(=O)OC)(C(=O)NC(CO)(CO)CO)C(=O)NC(CO)(CO)CO. The monoisotopic (exact) mass is 916 g/mol. The van der Waals surface area contributed by atoms with E-state index in [2.05, 4.69) is 21.3 Å². The Balaban J connectivity index is 5.88. The first-order valence-electron chi connectivity index (χ1n) is 20.8. The molecular weight excluding hydrogens is 844 g/mol. The number of carbonyl (C=O) groups excluding carboxylic acids is 6. The van der Waals surface area contributed by atoms with Crippen LogP contribution in [0, 0.1) is 10.8 Å². The number of hydrogen-bond donors (Lipinski definition) is 16. The predicted molar refractivity (Wildman–Crippen MR) is 217 cm³/mol. The molecule has 16 N–H and O–H groups in total. The zero-order valence-electron chi connectivity index (χ0n) is 36.3. The number of aliphatic hydroxyl groups is 12. The fourth-order valence-electron chi connectivity index (χ4n) is 6.32. The van der Waals surface area contributed by atoms with Gasteiger partial charge in [0.2, 0.25) is 34.5 Å². The molecule has 0 spiro atoms. The Bertz CT molecular complexity index is 1300. The average Bonchev–Trinajstić information content (AvgIpc) is 3.30. The van der Waals surface area contributed by atoms with Crippen LogP contribution in [0.25, 0.3) is 0 Å². The maximum absolute atomic E-state index is 13.8. The molecule has 4 amide bonds. The first kappa shape index (κ1) is 59.3. The third-order valence-corrected chi connectivity index (χ3v) is 11.2. The molecule has 24 nitrogen and oxygen atoms in total. The van der Waals surface area contributed by atoms with E-state index in [0.29, 0.717) is 51.4 Å². The number of esters is 2. The van der Waals surface area contributed by atoms with Crippen molar-refractivity contribution in [3.05, 3.63) is 0 Å². The Kier molecular flexibility index (Phi) is 27.3. The zero-order valence-corrected chi connectivity index (χ0v) is 36.3. The van der Waals surface area contributed by atoms with E-state index in [0.717, 1.165) is 7.11 Å². The number of ether oxygens (including phenoxy) is 2. The minimum Gasteiger partial charge on any atom is -0.468 e. The minimum absolute atomic E-state index is 0.0557. The number of aliphatic hydroxyl groups excluding tert-OH is 12. The van der Waals surface area contributed by atoms with Crippen molar-refractivity contribution >= 4 is 35.6 Å². The van der Waals surface area contributed by atoms with Crippen LogP contribution in [-0.4, -0.2) is 212 Å². The van der Waals surface area contributed by atoms with Crippen LogP contribution in [-0.2, 0) is 38.2 Å². The lowest BCUT2D eigenvalue weighted by Crippen LogP contribution is -2.68. The summed E-state index contributed by atoms with van der Waals surface area (Å²) in [7, 11) is 0.899. The predicted octanol–water partition coefficient (Wildman–Crippen LogP) is -6.30. The van der Waals surface area contributed by atoms with Crippen LogP contribution in [0.1, 0.15) is 84.0 Å². The van der Waals surface area contributed by atoms with Gasteiger partial charge in [0.25, 0.3) is 0 Å². The van der Waals surface area contributed by atoms with Crippen LogP contribution < -0.4 is 21.3 Å². The molecule has 0 unspecified atom stereocenters. The molecular formula is C39H72N4O20. The highest BCUT2D eigenvalue weighted by Crippen LogP contribution is 2.32. The largest absolute Gasteiger partial charge is 0.468 e. The molecule has 0 radical (unpaired) electrons. The molecule has 0 fully saturated rings. The van der Waals surface area contributed by atoms with Gasteiger partial charge in [-0.05, 0) is 19.8 Å². The van der Waals surface area contributed by atoms with Gasteiger partial charge in [-0.3, -0.25) is 28.8 Å². The highest BCUT2D eigenvalue weighted by atomic mass is 16.5. The summed E-state index contributed by atoms with van der Waals surface area (Å²) in [6, 6.07) is 0. The molecule has 24 heteroatoms. The molecule has 0 saturated carbocycles. The van der Waals surface area contributed by atoms with E-state index in [1.165, 1.54) is 6.92 Å². The second kappa shape index (κ2) is 29.0. The van der Waals surface area contributed by atoms with Gasteiger partial charge >= 0.3 is 11.9 Å². The quantitative estimate of drug-likeness (QED) is 0.0158. The van der Waals surface area contributed by atoms with Crippen LogP contribution in [0.15, 0.2) is 0 Å². The lowest BCUT2D eigenvalue weighted by molar-refractivity contribution is -0.170. The maximum atomic E-state index is 13.8. The summed E-state index contributed by atoms with van der Waals surface area (Å²) in [4.78, 5) is 81.8. The van der Waals surface area contributed by atoms with Crippen molar-refractivity contribution in [2.75, 3.05) is 93.0 Å². The summed E-state index contributed by atoms with van der Waals surface area (Å²) in [6.45, 7) is -10.8. The molecule has 0 aromatic carbocycles. The van der Waals surface area contributed by atoms with E-state index in [4.69, 9.17) is 9.47 Å². The van der Waals surface area contributed by atoms with Gasteiger partial charge in [-0.2, -0.15) is 0 Å². The van der Waals surface area contributed by atoms with E-state index in [9.17, 15) is 90.0 Å². The van der Waals surface area contributed by atoms with Gasteiger partial charge < -0.3 is 92.0 Å². The third kappa shape index (κ3) is 15.2. The van der Waals surface area contributed by atoms with Crippen molar-refractivity contribution < 1.29 is 99.5 Å². The van der Waals surface area contributed by atoms with Crippen molar-refractivity contribution in [3.8, 4) is 0 Å². The molecule has 0 aromatic rings. The lowest BCUT2D eigenvalue weighted by Gasteiger charge is -2.37. The van der Waals surface area contributed by atoms with Gasteiger partial charge in [-0.1, -0.05) is 64.2 Å². The van der Waals surface area contributed by atoms with E-state index in [-0.39, 0.29) is 19.4 Å². The Morgan fingerprint density at radius 3 is 0.762 bits per heavy atom. The molecule has 0 atom stereocenters. The van der Waals surface area contributed by atoms with Crippen molar-refractivity contribution in [2.24, 2.45) is 10.8 Å². The van der Waals surface area contributed by atoms with Crippen molar-refractivity contribution in [3.63, 3.8) is 0 Å². The number of hydrogen-bond acceptors (Lipinski definition) is 20. The molecule has 63 heavy (non-hydrogen) atoms. The van der Waals surface area contributed by atoms with E-state index >= 15 is 0 Å². The smallest absolute Gasteiger partial charge is 0.331 e. The lowest BCUT2D eigenvalue weighted by atomic mass is 9.78. The zero-order chi connectivity index (χ0) is 48.4. The van der Waals surface area contributed by atoms with Crippen molar-refractivity contribution in [1.82, 2.24) is 21.3 Å². The first-order valence-corrected chi connectivity index (χ1v) is 20.8. The van der Waals surface area contributed by atoms with Gasteiger partial charge in [-0.15, -0.1) is 0 Å². The van der Waals surface area contributed by atoms with Gasteiger partial charge in [0.15, 0.2) is 0 Å². The Morgan fingerprint density at radius 1 is 0.365 bits per heavy atom. The van der Waals surface area contributed by atoms with Crippen LogP contribution in [0.2, 0.25) is 0 Å². The fraction of sp³-hybridized carbons (Fsp3) is 0.846. The summed E-state index contributed by atoms with van der Waals surface area (Å²) in [5.74, 6) is -8.15.